The molecule has 0 radical (unpaired) electrons. The van der Waals surface area contributed by atoms with Gasteiger partial charge in [0.25, 0.3) is 5.91 Å². The van der Waals surface area contributed by atoms with E-state index in [1.165, 1.54) is 24.0 Å². The topological polar surface area (TPSA) is 84.2 Å². The summed E-state index contributed by atoms with van der Waals surface area (Å²) >= 11 is 0. The normalized spacial score (nSPS) is 14.8. The first-order valence-corrected chi connectivity index (χ1v) is 5.12. The van der Waals surface area contributed by atoms with Gasteiger partial charge >= 0.3 is 12.1 Å². The zero-order chi connectivity index (χ0) is 15.0. The smallest absolute Gasteiger partial charge is 0.422 e. The van der Waals surface area contributed by atoms with Crippen molar-refractivity contribution in [2.75, 3.05) is 0 Å². The Morgan fingerprint density at radius 2 is 1.95 bits per heavy atom. The molecular formula is C10H12F3N3O3. The maximum absolute atomic E-state index is 12.7. The van der Waals surface area contributed by atoms with Crippen molar-refractivity contribution < 1.29 is 27.9 Å². The minimum Gasteiger partial charge on any atom is -0.479 e. The number of aliphatic carboxylic acids is 1. The van der Waals surface area contributed by atoms with Gasteiger partial charge in [-0.3, -0.25) is 9.48 Å². The molecule has 2 N–H and O–H groups in total. The highest BCUT2D eigenvalue weighted by molar-refractivity contribution is 5.98. The summed E-state index contributed by atoms with van der Waals surface area (Å²) in [6, 6.07) is 0. The minimum atomic E-state index is -5.12. The Hall–Kier alpha value is -2.06. The maximum Gasteiger partial charge on any atom is 0.422 e. The average molecular weight is 279 g/mol. The number of halogens is 3. The van der Waals surface area contributed by atoms with Crippen molar-refractivity contribution in [1.82, 2.24) is 15.1 Å². The van der Waals surface area contributed by atoms with Crippen LogP contribution in [0.1, 0.15) is 23.0 Å². The third kappa shape index (κ3) is 2.54. The summed E-state index contributed by atoms with van der Waals surface area (Å²) in [4.78, 5) is 22.5. The van der Waals surface area contributed by atoms with Crippen molar-refractivity contribution in [3.05, 3.63) is 17.5 Å². The van der Waals surface area contributed by atoms with E-state index in [1.807, 2.05) is 0 Å². The molecule has 0 spiro atoms. The molecule has 1 amide bonds. The van der Waals surface area contributed by atoms with Crippen molar-refractivity contribution in [3.63, 3.8) is 0 Å². The second-order valence-corrected chi connectivity index (χ2v) is 4.15. The molecule has 0 aliphatic heterocycles. The van der Waals surface area contributed by atoms with Crippen LogP contribution in [0.4, 0.5) is 13.2 Å². The van der Waals surface area contributed by atoms with Crippen LogP contribution >= 0.6 is 0 Å². The Kier molecular flexibility index (Phi) is 3.60. The van der Waals surface area contributed by atoms with Gasteiger partial charge in [0.15, 0.2) is 0 Å². The Labute approximate surface area is 106 Å². The molecule has 0 saturated carbocycles. The van der Waals surface area contributed by atoms with Gasteiger partial charge in [0.2, 0.25) is 5.54 Å². The van der Waals surface area contributed by atoms with Crippen molar-refractivity contribution >= 4 is 11.9 Å². The van der Waals surface area contributed by atoms with Crippen LogP contribution < -0.4 is 5.32 Å². The van der Waals surface area contributed by atoms with Gasteiger partial charge in [-0.1, -0.05) is 0 Å². The number of nitrogens with zero attached hydrogens (tertiary/aromatic N) is 2. The van der Waals surface area contributed by atoms with Crippen LogP contribution in [0.3, 0.4) is 0 Å². The lowest BCUT2D eigenvalue weighted by atomic mass is 10.0. The Morgan fingerprint density at radius 1 is 1.42 bits per heavy atom. The molecular weight excluding hydrogens is 267 g/mol. The second kappa shape index (κ2) is 4.56. The first-order valence-electron chi connectivity index (χ1n) is 5.12. The van der Waals surface area contributed by atoms with Crippen molar-refractivity contribution in [2.24, 2.45) is 7.05 Å². The van der Waals surface area contributed by atoms with E-state index in [2.05, 4.69) is 5.10 Å². The molecule has 1 unspecified atom stereocenters. The van der Waals surface area contributed by atoms with Crippen LogP contribution in [0.2, 0.25) is 0 Å². The second-order valence-electron chi connectivity index (χ2n) is 4.15. The van der Waals surface area contributed by atoms with Crippen LogP contribution in [0.25, 0.3) is 0 Å². The zero-order valence-corrected chi connectivity index (χ0v) is 10.4. The summed E-state index contributed by atoms with van der Waals surface area (Å²) in [7, 11) is 1.51. The Bertz CT molecular complexity index is 524. The molecule has 106 valence electrons. The zero-order valence-electron chi connectivity index (χ0n) is 10.4. The molecule has 0 aliphatic carbocycles. The van der Waals surface area contributed by atoms with Gasteiger partial charge in [0, 0.05) is 12.7 Å². The number of carbonyl (C=O) groups is 2. The molecule has 0 aliphatic rings. The Balaban J connectivity index is 3.09. The third-order valence-corrected chi connectivity index (χ3v) is 2.84. The number of amides is 1. The molecule has 0 saturated heterocycles. The van der Waals surface area contributed by atoms with E-state index < -0.39 is 23.6 Å². The molecule has 19 heavy (non-hydrogen) atoms. The number of hydrogen-bond acceptors (Lipinski definition) is 3. The minimum absolute atomic E-state index is 0.112. The molecule has 6 nitrogen and oxygen atoms in total. The molecule has 1 rings (SSSR count). The van der Waals surface area contributed by atoms with Crippen molar-refractivity contribution in [2.45, 2.75) is 25.6 Å². The summed E-state index contributed by atoms with van der Waals surface area (Å²) in [5.74, 6) is -3.33. The van der Waals surface area contributed by atoms with Gasteiger partial charge < -0.3 is 10.4 Å². The standard InChI is InChI=1S/C10H12F3N3O3/c1-5-6(4-14-16(5)3)7(17)15-9(2,8(18)19)10(11,12)13/h4H,1-3H3,(H,15,17)(H,18,19). The summed E-state index contributed by atoms with van der Waals surface area (Å²) in [5.41, 5.74) is -3.14. The summed E-state index contributed by atoms with van der Waals surface area (Å²) in [6.45, 7) is 1.87. The summed E-state index contributed by atoms with van der Waals surface area (Å²) < 4.78 is 39.5. The van der Waals surface area contributed by atoms with Crippen LogP contribution in [-0.2, 0) is 11.8 Å². The number of carboxylic acid groups (broad SMARTS) is 1. The molecule has 0 aromatic carbocycles. The van der Waals surface area contributed by atoms with Gasteiger partial charge in [0.05, 0.1) is 11.8 Å². The van der Waals surface area contributed by atoms with Gasteiger partial charge in [-0.25, -0.2) is 4.79 Å². The maximum atomic E-state index is 12.7. The summed E-state index contributed by atoms with van der Waals surface area (Å²) in [6.07, 6.45) is -4.05. The average Bonchev–Trinajstić information content (AvgIpc) is 2.57. The largest absolute Gasteiger partial charge is 0.479 e. The number of nitrogens with one attached hydrogen (secondary N) is 1. The number of rotatable bonds is 3. The molecule has 1 aromatic rings. The number of alkyl halides is 3. The molecule has 0 fully saturated rings. The number of aromatic nitrogens is 2. The predicted octanol–water partition coefficient (Wildman–Crippen LogP) is 0.864. The summed E-state index contributed by atoms with van der Waals surface area (Å²) in [5, 5.41) is 13.9. The van der Waals surface area contributed by atoms with Gasteiger partial charge in [-0.15, -0.1) is 0 Å². The number of carbonyl (C=O) groups excluding carboxylic acids is 1. The highest BCUT2D eigenvalue weighted by Gasteiger charge is 2.58. The highest BCUT2D eigenvalue weighted by atomic mass is 19.4. The van der Waals surface area contributed by atoms with Gasteiger partial charge in [0.1, 0.15) is 0 Å². The van der Waals surface area contributed by atoms with Crippen LogP contribution in [0.5, 0.6) is 0 Å². The number of carboxylic acids is 1. The quantitative estimate of drug-likeness (QED) is 0.859. The molecule has 0 bridgehead atoms. The van der Waals surface area contributed by atoms with E-state index in [-0.39, 0.29) is 5.56 Å². The van der Waals surface area contributed by atoms with E-state index in [0.29, 0.717) is 12.6 Å². The first-order chi connectivity index (χ1) is 8.50. The fourth-order valence-corrected chi connectivity index (χ4v) is 1.26. The number of hydrogen-bond donors (Lipinski definition) is 2. The fourth-order valence-electron chi connectivity index (χ4n) is 1.26. The monoisotopic (exact) mass is 279 g/mol. The Morgan fingerprint density at radius 3 is 2.26 bits per heavy atom. The predicted molar refractivity (Wildman–Crippen MR) is 57.5 cm³/mol. The highest BCUT2D eigenvalue weighted by Crippen LogP contribution is 2.30. The van der Waals surface area contributed by atoms with E-state index in [0.717, 1.165) is 6.20 Å². The SMILES string of the molecule is Cc1c(C(=O)NC(C)(C(=O)O)C(F)(F)F)cnn1C. The van der Waals surface area contributed by atoms with Crippen LogP contribution in [-0.4, -0.2) is 38.5 Å². The number of aryl methyl sites for hydroxylation is 1. The fraction of sp³-hybridized carbons (Fsp3) is 0.500. The first kappa shape index (κ1) is 15.0. The molecule has 1 atom stereocenters. The lowest BCUT2D eigenvalue weighted by Gasteiger charge is -2.28. The van der Waals surface area contributed by atoms with Crippen LogP contribution in [0.15, 0.2) is 6.20 Å². The van der Waals surface area contributed by atoms with E-state index in [9.17, 15) is 22.8 Å². The van der Waals surface area contributed by atoms with Gasteiger partial charge in [-0.05, 0) is 13.8 Å². The van der Waals surface area contributed by atoms with E-state index in [1.54, 1.807) is 0 Å². The van der Waals surface area contributed by atoms with E-state index >= 15 is 0 Å². The van der Waals surface area contributed by atoms with Crippen molar-refractivity contribution in [1.29, 1.82) is 0 Å². The van der Waals surface area contributed by atoms with E-state index in [4.69, 9.17) is 5.11 Å². The lowest BCUT2D eigenvalue weighted by molar-refractivity contribution is -0.203. The third-order valence-electron chi connectivity index (χ3n) is 2.84. The van der Waals surface area contributed by atoms with Crippen molar-refractivity contribution in [3.8, 4) is 0 Å². The molecule has 1 aromatic heterocycles. The van der Waals surface area contributed by atoms with Crippen LogP contribution in [0, 0.1) is 6.92 Å². The molecule has 9 heteroatoms. The lowest BCUT2D eigenvalue weighted by Crippen LogP contribution is -2.61. The van der Waals surface area contributed by atoms with Gasteiger partial charge in [-0.2, -0.15) is 18.3 Å². The molecule has 1 heterocycles.